The van der Waals surface area contributed by atoms with Crippen molar-refractivity contribution >= 4 is 38.2 Å². The van der Waals surface area contributed by atoms with Gasteiger partial charge in [-0.15, -0.1) is 0 Å². The molecule has 0 radical (unpaired) electrons. The maximum atomic E-state index is 11.7. The molecular formula is C19H15N5O3S. The Hall–Kier alpha value is -3.59. The van der Waals surface area contributed by atoms with E-state index in [1.807, 2.05) is 44.2 Å². The summed E-state index contributed by atoms with van der Waals surface area (Å²) in [6.45, 7) is 3.91. The first kappa shape index (κ1) is 17.8. The van der Waals surface area contributed by atoms with E-state index in [-0.39, 0.29) is 17.4 Å². The number of hydrogen-bond acceptors (Lipinski definition) is 8. The maximum Gasteiger partial charge on any atom is 0.373 e. The molecule has 2 aromatic carbocycles. The van der Waals surface area contributed by atoms with E-state index in [1.54, 1.807) is 12.1 Å². The number of para-hydroxylation sites is 1. The summed E-state index contributed by atoms with van der Waals surface area (Å²) in [7, 11) is 0. The van der Waals surface area contributed by atoms with Crippen LogP contribution in [0.5, 0.6) is 11.6 Å². The fourth-order valence-corrected chi connectivity index (χ4v) is 3.60. The average molecular weight is 393 g/mol. The highest BCUT2D eigenvalue weighted by Crippen LogP contribution is 2.37. The van der Waals surface area contributed by atoms with Gasteiger partial charge in [-0.3, -0.25) is 10.1 Å². The van der Waals surface area contributed by atoms with Crippen LogP contribution in [0.3, 0.4) is 0 Å². The van der Waals surface area contributed by atoms with Crippen LogP contribution in [-0.4, -0.2) is 19.9 Å². The van der Waals surface area contributed by atoms with E-state index in [9.17, 15) is 10.1 Å². The van der Waals surface area contributed by atoms with Crippen molar-refractivity contribution in [3.05, 3.63) is 70.0 Å². The van der Waals surface area contributed by atoms with Crippen LogP contribution in [-0.2, 0) is 0 Å². The van der Waals surface area contributed by atoms with Crippen LogP contribution in [0.1, 0.15) is 11.1 Å². The molecule has 0 spiro atoms. The molecular weight excluding hydrogens is 378 g/mol. The van der Waals surface area contributed by atoms with Gasteiger partial charge in [0, 0.05) is 0 Å². The average Bonchev–Trinajstić information content (AvgIpc) is 3.07. The Morgan fingerprint density at radius 1 is 1.11 bits per heavy atom. The van der Waals surface area contributed by atoms with Gasteiger partial charge >= 0.3 is 11.6 Å². The van der Waals surface area contributed by atoms with Crippen LogP contribution in [0.4, 0.5) is 16.6 Å². The summed E-state index contributed by atoms with van der Waals surface area (Å²) in [4.78, 5) is 23.6. The zero-order valence-electron chi connectivity index (χ0n) is 15.0. The molecule has 0 aliphatic heterocycles. The van der Waals surface area contributed by atoms with E-state index >= 15 is 0 Å². The molecule has 0 bridgehead atoms. The molecule has 0 fully saturated rings. The van der Waals surface area contributed by atoms with Gasteiger partial charge in [0.15, 0.2) is 5.13 Å². The monoisotopic (exact) mass is 393 g/mol. The lowest BCUT2D eigenvalue weighted by atomic mass is 10.2. The predicted octanol–water partition coefficient (Wildman–Crippen LogP) is 5.15. The minimum Gasteiger partial charge on any atom is -0.434 e. The largest absolute Gasteiger partial charge is 0.434 e. The molecule has 0 amide bonds. The zero-order chi connectivity index (χ0) is 19.7. The highest BCUT2D eigenvalue weighted by molar-refractivity contribution is 7.22. The highest BCUT2D eigenvalue weighted by Gasteiger charge is 2.26. The number of hydrogen-bond donors (Lipinski definition) is 1. The lowest BCUT2D eigenvalue weighted by Crippen LogP contribution is -2.03. The maximum absolute atomic E-state index is 11.7. The van der Waals surface area contributed by atoms with Gasteiger partial charge in [0.1, 0.15) is 12.1 Å². The van der Waals surface area contributed by atoms with Crippen LogP contribution >= 0.6 is 11.3 Å². The third-order valence-corrected chi connectivity index (χ3v) is 4.99. The van der Waals surface area contributed by atoms with Crippen LogP contribution in [0.15, 0.2) is 48.8 Å². The molecule has 2 heterocycles. The van der Waals surface area contributed by atoms with Crippen molar-refractivity contribution in [2.45, 2.75) is 13.8 Å². The van der Waals surface area contributed by atoms with E-state index in [1.165, 1.54) is 17.7 Å². The van der Waals surface area contributed by atoms with Gasteiger partial charge in [0.2, 0.25) is 5.82 Å². The van der Waals surface area contributed by atoms with Gasteiger partial charge in [0.25, 0.3) is 0 Å². The number of rotatable bonds is 5. The van der Waals surface area contributed by atoms with E-state index in [0.717, 1.165) is 21.3 Å². The highest BCUT2D eigenvalue weighted by atomic mass is 32.1. The number of anilines is 2. The molecule has 9 heteroatoms. The lowest BCUT2D eigenvalue weighted by Gasteiger charge is -2.08. The molecule has 2 aromatic heterocycles. The molecule has 0 aliphatic rings. The molecule has 4 aromatic rings. The van der Waals surface area contributed by atoms with Gasteiger partial charge in [-0.1, -0.05) is 41.2 Å². The zero-order valence-corrected chi connectivity index (χ0v) is 15.9. The number of nitrogens with zero attached hydrogens (tertiary/aromatic N) is 4. The first-order chi connectivity index (χ1) is 13.5. The molecule has 0 aliphatic carbocycles. The van der Waals surface area contributed by atoms with Gasteiger partial charge in [0.05, 0.1) is 15.1 Å². The number of nitrogens with one attached hydrogen (secondary N) is 1. The molecule has 140 valence electrons. The summed E-state index contributed by atoms with van der Waals surface area (Å²) in [5, 5.41) is 15.1. The molecule has 1 N–H and O–H groups in total. The van der Waals surface area contributed by atoms with Crippen LogP contribution < -0.4 is 10.1 Å². The molecule has 28 heavy (non-hydrogen) atoms. The minimum atomic E-state index is -0.565. The second-order valence-corrected chi connectivity index (χ2v) is 7.14. The van der Waals surface area contributed by atoms with Crippen LogP contribution in [0, 0.1) is 24.0 Å². The Kier molecular flexibility index (Phi) is 4.58. The molecule has 0 saturated carbocycles. The first-order valence-electron chi connectivity index (χ1n) is 8.38. The van der Waals surface area contributed by atoms with E-state index in [0.29, 0.717) is 10.9 Å². The van der Waals surface area contributed by atoms with Crippen molar-refractivity contribution in [1.29, 1.82) is 0 Å². The van der Waals surface area contributed by atoms with Crippen molar-refractivity contribution in [3.8, 4) is 11.6 Å². The van der Waals surface area contributed by atoms with Crippen molar-refractivity contribution in [2.75, 3.05) is 5.32 Å². The van der Waals surface area contributed by atoms with Gasteiger partial charge in [-0.25, -0.2) is 9.97 Å². The molecule has 0 unspecified atom stereocenters. The number of aromatic nitrogens is 3. The predicted molar refractivity (Wildman–Crippen MR) is 108 cm³/mol. The number of thiazole rings is 1. The molecule has 4 rings (SSSR count). The van der Waals surface area contributed by atoms with E-state index in [2.05, 4.69) is 20.3 Å². The van der Waals surface area contributed by atoms with Crippen molar-refractivity contribution in [1.82, 2.24) is 15.0 Å². The second kappa shape index (κ2) is 7.20. The SMILES string of the molecule is Cc1ccc(Oc2ncnc(Nc3nc4c(C)cccc4s3)c2[N+](=O)[O-])cc1. The van der Waals surface area contributed by atoms with E-state index < -0.39 is 4.92 Å². The third kappa shape index (κ3) is 3.47. The molecule has 0 atom stereocenters. The fourth-order valence-electron chi connectivity index (χ4n) is 2.65. The lowest BCUT2D eigenvalue weighted by molar-refractivity contribution is -0.385. The summed E-state index contributed by atoms with van der Waals surface area (Å²) in [6.07, 6.45) is 1.22. The Balaban J connectivity index is 1.71. The third-order valence-electron chi connectivity index (χ3n) is 4.05. The minimum absolute atomic E-state index is 0.0267. The Morgan fingerprint density at radius 2 is 1.89 bits per heavy atom. The van der Waals surface area contributed by atoms with Crippen molar-refractivity contribution < 1.29 is 9.66 Å². The van der Waals surface area contributed by atoms with Gasteiger partial charge in [-0.05, 0) is 37.6 Å². The normalized spacial score (nSPS) is 10.8. The summed E-state index contributed by atoms with van der Waals surface area (Å²) in [6, 6.07) is 13.0. The second-order valence-electron chi connectivity index (χ2n) is 6.11. The standard InChI is InChI=1S/C19H15N5O3S/c1-11-6-8-13(9-7-11)27-18-16(24(25)26)17(20-10-21-18)23-19-22-15-12(2)4-3-5-14(15)28-19/h3-10H,1-2H3,(H,20,21,22,23). The quantitative estimate of drug-likeness (QED) is 0.369. The van der Waals surface area contributed by atoms with Crippen molar-refractivity contribution in [2.24, 2.45) is 0 Å². The fraction of sp³-hybridized carbons (Fsp3) is 0.105. The van der Waals surface area contributed by atoms with Crippen LogP contribution in [0.2, 0.25) is 0 Å². The van der Waals surface area contributed by atoms with E-state index in [4.69, 9.17) is 4.74 Å². The summed E-state index contributed by atoms with van der Waals surface area (Å²) >= 11 is 1.39. The summed E-state index contributed by atoms with van der Waals surface area (Å²) < 4.78 is 6.61. The van der Waals surface area contributed by atoms with Crippen molar-refractivity contribution in [3.63, 3.8) is 0 Å². The summed E-state index contributed by atoms with van der Waals surface area (Å²) in [5.41, 5.74) is 2.59. The Bertz CT molecular complexity index is 1170. The molecule has 0 saturated heterocycles. The number of fused-ring (bicyclic) bond motifs is 1. The van der Waals surface area contributed by atoms with Gasteiger partial charge in [-0.2, -0.15) is 4.98 Å². The Morgan fingerprint density at radius 3 is 2.61 bits per heavy atom. The number of benzene rings is 2. The number of nitro groups is 1. The number of ether oxygens (including phenoxy) is 1. The topological polar surface area (TPSA) is 103 Å². The number of aryl methyl sites for hydroxylation is 2. The Labute approximate surface area is 164 Å². The van der Waals surface area contributed by atoms with Crippen LogP contribution in [0.25, 0.3) is 10.2 Å². The van der Waals surface area contributed by atoms with Gasteiger partial charge < -0.3 is 10.1 Å². The summed E-state index contributed by atoms with van der Waals surface area (Å²) in [5.74, 6) is 0.344. The first-order valence-corrected chi connectivity index (χ1v) is 9.20. The smallest absolute Gasteiger partial charge is 0.373 e. The molecule has 8 nitrogen and oxygen atoms in total.